The number of halogens is 1. The number of amides is 2. The van der Waals surface area contributed by atoms with Crippen molar-refractivity contribution in [3.63, 3.8) is 0 Å². The van der Waals surface area contributed by atoms with Crippen LogP contribution < -0.4 is 10.6 Å². The fraction of sp³-hybridized carbons (Fsp3) is 0.344. The summed E-state index contributed by atoms with van der Waals surface area (Å²) in [5, 5.41) is 5.77. The van der Waals surface area contributed by atoms with Crippen molar-refractivity contribution in [1.29, 1.82) is 0 Å². The van der Waals surface area contributed by atoms with Crippen molar-refractivity contribution in [2.45, 2.75) is 51.3 Å². The molecule has 2 fully saturated rings. The Morgan fingerprint density at radius 1 is 1.02 bits per heavy atom. The number of hydrogen-bond acceptors (Lipinski definition) is 10. The van der Waals surface area contributed by atoms with Gasteiger partial charge in [0.25, 0.3) is 0 Å². The average molecular weight is 649 g/mol. The molecule has 2 saturated heterocycles. The van der Waals surface area contributed by atoms with Gasteiger partial charge in [0.1, 0.15) is 24.6 Å². The number of hydrogen-bond donors (Lipinski definition) is 2. The van der Waals surface area contributed by atoms with Crippen LogP contribution in [-0.4, -0.2) is 75.9 Å². The zero-order chi connectivity index (χ0) is 32.0. The van der Waals surface area contributed by atoms with Crippen LogP contribution in [0.2, 0.25) is 5.02 Å². The molecule has 2 N–H and O–H groups in total. The summed E-state index contributed by atoms with van der Waals surface area (Å²) >= 11 is 6.45. The van der Waals surface area contributed by atoms with Crippen LogP contribution in [0.1, 0.15) is 41.6 Å². The van der Waals surface area contributed by atoms with Crippen LogP contribution in [0.4, 0.5) is 10.6 Å². The number of ether oxygens (including phenoxy) is 5. The van der Waals surface area contributed by atoms with Gasteiger partial charge in [-0.2, -0.15) is 0 Å². The summed E-state index contributed by atoms with van der Waals surface area (Å²) in [7, 11) is 0. The van der Waals surface area contributed by atoms with E-state index in [2.05, 4.69) is 25.6 Å². The van der Waals surface area contributed by atoms with Crippen molar-refractivity contribution in [1.82, 2.24) is 24.8 Å². The molecule has 0 aliphatic carbocycles. The lowest BCUT2D eigenvalue weighted by Crippen LogP contribution is -2.32. The van der Waals surface area contributed by atoms with Gasteiger partial charge in [-0.05, 0) is 37.6 Å². The maximum absolute atomic E-state index is 12.5. The van der Waals surface area contributed by atoms with Crippen molar-refractivity contribution in [2.24, 2.45) is 0 Å². The van der Waals surface area contributed by atoms with E-state index in [1.165, 1.54) is 6.33 Å². The summed E-state index contributed by atoms with van der Waals surface area (Å²) in [4.78, 5) is 37.8. The molecule has 2 aliphatic heterocycles. The molecule has 2 aliphatic rings. The Morgan fingerprint density at radius 3 is 2.65 bits per heavy atom. The second kappa shape index (κ2) is 14.4. The number of nitrogens with zero attached hydrogens (tertiary/aromatic N) is 4. The number of nitrogens with one attached hydrogen (secondary N) is 2. The third-order valence-corrected chi connectivity index (χ3v) is 7.81. The van der Waals surface area contributed by atoms with E-state index >= 15 is 0 Å². The van der Waals surface area contributed by atoms with Crippen LogP contribution >= 0.6 is 11.6 Å². The standard InChI is InChI=1S/C32H33ClN6O7/c1-3-34-32(41)38-28-25-29(36-17-35-28)39(18-37-25)30-27-26(45-24(46-27)14-13-19-9-6-5-7-10-19)23(44-30)16-42-15-21-20(31(40)43-4-2)11-8-12-22(21)33/h5-14,17-18,23-24,26-27,30H,3-4,15-16H2,1-2H3,(H2,34,35,36,38,41)/t23?,24-,26?,27?,30?/m0/s1. The normalized spacial score (nSPS) is 22.3. The fourth-order valence-corrected chi connectivity index (χ4v) is 5.62. The Labute approximate surface area is 269 Å². The molecule has 5 atom stereocenters. The first kappa shape index (κ1) is 31.6. The Bertz CT molecular complexity index is 1720. The largest absolute Gasteiger partial charge is 0.462 e. The molecule has 2 aromatic heterocycles. The highest BCUT2D eigenvalue weighted by molar-refractivity contribution is 6.31. The van der Waals surface area contributed by atoms with Gasteiger partial charge in [0.15, 0.2) is 29.5 Å². The molecule has 14 heteroatoms. The van der Waals surface area contributed by atoms with Gasteiger partial charge in [-0.25, -0.2) is 24.5 Å². The fourth-order valence-electron chi connectivity index (χ4n) is 5.39. The number of anilines is 1. The number of imidazole rings is 1. The van der Waals surface area contributed by atoms with E-state index in [0.29, 0.717) is 33.9 Å². The zero-order valence-corrected chi connectivity index (χ0v) is 25.9. The van der Waals surface area contributed by atoms with Crippen molar-refractivity contribution in [3.8, 4) is 0 Å². The molecule has 0 radical (unpaired) electrons. The van der Waals surface area contributed by atoms with Crippen molar-refractivity contribution in [2.75, 3.05) is 25.1 Å². The zero-order valence-electron chi connectivity index (χ0n) is 25.2. The van der Waals surface area contributed by atoms with E-state index in [1.807, 2.05) is 49.4 Å². The van der Waals surface area contributed by atoms with Gasteiger partial charge >= 0.3 is 12.0 Å². The maximum Gasteiger partial charge on any atom is 0.338 e. The van der Waals surface area contributed by atoms with Gasteiger partial charge < -0.3 is 29.0 Å². The smallest absolute Gasteiger partial charge is 0.338 e. The second-order valence-electron chi connectivity index (χ2n) is 10.4. The molecule has 4 unspecified atom stereocenters. The summed E-state index contributed by atoms with van der Waals surface area (Å²) in [5.74, 6) is -0.218. The first-order valence-corrected chi connectivity index (χ1v) is 15.3. The molecular formula is C32H33ClN6O7. The summed E-state index contributed by atoms with van der Waals surface area (Å²) in [5.41, 5.74) is 2.68. The summed E-state index contributed by atoms with van der Waals surface area (Å²) < 4.78 is 32.2. The van der Waals surface area contributed by atoms with Gasteiger partial charge in [0.05, 0.1) is 31.7 Å². The highest BCUT2D eigenvalue weighted by Crippen LogP contribution is 2.41. The third kappa shape index (κ3) is 6.73. The minimum absolute atomic E-state index is 0.0456. The quantitative estimate of drug-likeness (QED) is 0.219. The lowest BCUT2D eigenvalue weighted by molar-refractivity contribution is -0.139. The molecule has 240 valence electrons. The number of urea groups is 1. The van der Waals surface area contributed by atoms with Gasteiger partial charge in [0.2, 0.25) is 0 Å². The maximum atomic E-state index is 12.5. The Morgan fingerprint density at radius 2 is 1.85 bits per heavy atom. The van der Waals surface area contributed by atoms with Crippen LogP contribution in [0.25, 0.3) is 17.2 Å². The first-order chi connectivity index (χ1) is 22.5. The summed E-state index contributed by atoms with van der Waals surface area (Å²) in [6.45, 7) is 4.40. The predicted octanol–water partition coefficient (Wildman–Crippen LogP) is 4.74. The summed E-state index contributed by atoms with van der Waals surface area (Å²) in [6, 6.07) is 14.5. The van der Waals surface area contributed by atoms with Crippen LogP contribution in [-0.2, 0) is 30.3 Å². The first-order valence-electron chi connectivity index (χ1n) is 14.9. The van der Waals surface area contributed by atoms with Crippen LogP contribution in [0, 0.1) is 0 Å². The number of fused-ring (bicyclic) bond motifs is 2. The summed E-state index contributed by atoms with van der Waals surface area (Å²) in [6.07, 6.45) is 3.71. The molecule has 0 bridgehead atoms. The van der Waals surface area contributed by atoms with Gasteiger partial charge in [-0.15, -0.1) is 0 Å². The highest BCUT2D eigenvalue weighted by Gasteiger charge is 2.53. The molecule has 13 nitrogen and oxygen atoms in total. The molecule has 6 rings (SSSR count). The lowest BCUT2D eigenvalue weighted by atomic mass is 10.1. The number of carbonyl (C=O) groups excluding carboxylic acids is 2. The highest BCUT2D eigenvalue weighted by atomic mass is 35.5. The molecular weight excluding hydrogens is 616 g/mol. The molecule has 4 aromatic rings. The third-order valence-electron chi connectivity index (χ3n) is 7.46. The SMILES string of the molecule is CCNC(=O)Nc1ncnc2c1ncn2C1OC(COCc2c(Cl)cccc2C(=O)OCC)C2O[C@H](C=Cc3ccccc3)OC21. The van der Waals surface area contributed by atoms with Gasteiger partial charge in [-0.3, -0.25) is 9.88 Å². The van der Waals surface area contributed by atoms with Crippen molar-refractivity contribution in [3.05, 3.63) is 89.0 Å². The topological polar surface area (TPSA) is 148 Å². The predicted molar refractivity (Wildman–Crippen MR) is 168 cm³/mol. The Hall–Kier alpha value is -4.40. The molecule has 0 spiro atoms. The number of rotatable bonds is 11. The Balaban J connectivity index is 1.24. The molecule has 2 amide bonds. The lowest BCUT2D eigenvalue weighted by Gasteiger charge is -2.20. The van der Waals surface area contributed by atoms with Crippen LogP contribution in [0.15, 0.2) is 67.3 Å². The van der Waals surface area contributed by atoms with E-state index in [9.17, 15) is 9.59 Å². The van der Waals surface area contributed by atoms with Crippen molar-refractivity contribution < 1.29 is 33.3 Å². The van der Waals surface area contributed by atoms with Crippen molar-refractivity contribution >= 4 is 46.7 Å². The Kier molecular flexibility index (Phi) is 9.85. The number of carbonyl (C=O) groups is 2. The minimum Gasteiger partial charge on any atom is -0.462 e. The van der Waals surface area contributed by atoms with E-state index in [4.69, 9.17) is 35.3 Å². The van der Waals surface area contributed by atoms with Gasteiger partial charge in [0, 0.05) is 17.1 Å². The minimum atomic E-state index is -0.693. The molecule has 0 saturated carbocycles. The van der Waals surface area contributed by atoms with E-state index in [0.717, 1.165) is 5.56 Å². The average Bonchev–Trinajstić information content (AvgIpc) is 3.76. The molecule has 2 aromatic carbocycles. The monoisotopic (exact) mass is 648 g/mol. The second-order valence-corrected chi connectivity index (χ2v) is 10.8. The van der Waals surface area contributed by atoms with E-state index in [1.54, 1.807) is 36.0 Å². The van der Waals surface area contributed by atoms with Crippen LogP contribution in [0.5, 0.6) is 0 Å². The van der Waals surface area contributed by atoms with E-state index < -0.39 is 42.8 Å². The van der Waals surface area contributed by atoms with Gasteiger partial charge in [-0.1, -0.05) is 54.1 Å². The number of benzene rings is 2. The number of aromatic nitrogens is 4. The van der Waals surface area contributed by atoms with E-state index in [-0.39, 0.29) is 25.6 Å². The molecule has 4 heterocycles. The molecule has 46 heavy (non-hydrogen) atoms. The van der Waals surface area contributed by atoms with Crippen LogP contribution in [0.3, 0.4) is 0 Å². The number of esters is 1.